The minimum atomic E-state index is -0.720. The lowest BCUT2D eigenvalue weighted by Gasteiger charge is -2.17. The highest BCUT2D eigenvalue weighted by Gasteiger charge is 2.18. The number of nitrogens with zero attached hydrogens (tertiary/aromatic N) is 2. The van der Waals surface area contributed by atoms with Crippen LogP contribution < -0.4 is 15.8 Å². The van der Waals surface area contributed by atoms with E-state index in [0.717, 1.165) is 18.2 Å². The molecule has 130 valence electrons. The van der Waals surface area contributed by atoms with Crippen molar-refractivity contribution in [1.82, 2.24) is 10.9 Å². The van der Waals surface area contributed by atoms with Gasteiger partial charge in [0.1, 0.15) is 5.82 Å². The van der Waals surface area contributed by atoms with E-state index in [-0.39, 0.29) is 16.8 Å². The van der Waals surface area contributed by atoms with E-state index in [1.54, 1.807) is 19.0 Å². The van der Waals surface area contributed by atoms with E-state index >= 15 is 0 Å². The van der Waals surface area contributed by atoms with Gasteiger partial charge in [-0.05, 0) is 30.3 Å². The van der Waals surface area contributed by atoms with Crippen molar-refractivity contribution in [3.05, 3.63) is 69.5 Å². The molecule has 0 radical (unpaired) electrons. The molecule has 0 aliphatic heterocycles. The minimum absolute atomic E-state index is 0.0265. The average Bonchev–Trinajstić information content (AvgIpc) is 2.59. The molecule has 0 aliphatic rings. The number of nitrogens with one attached hydrogen (secondary N) is 2. The van der Waals surface area contributed by atoms with E-state index in [2.05, 4.69) is 10.9 Å². The number of rotatable bonds is 4. The van der Waals surface area contributed by atoms with Gasteiger partial charge in [0.2, 0.25) is 0 Å². The van der Waals surface area contributed by atoms with Crippen LogP contribution in [0.3, 0.4) is 0 Å². The van der Waals surface area contributed by atoms with Crippen LogP contribution in [0.2, 0.25) is 0 Å². The summed E-state index contributed by atoms with van der Waals surface area (Å²) in [6.07, 6.45) is 0. The third-order valence-electron chi connectivity index (χ3n) is 3.31. The van der Waals surface area contributed by atoms with Crippen molar-refractivity contribution < 1.29 is 18.9 Å². The van der Waals surface area contributed by atoms with Gasteiger partial charge < -0.3 is 4.90 Å². The van der Waals surface area contributed by atoms with E-state index in [0.29, 0.717) is 5.69 Å². The van der Waals surface area contributed by atoms with Crippen LogP contribution >= 0.6 is 0 Å². The molecule has 8 nitrogen and oxygen atoms in total. The molecule has 0 aliphatic carbocycles. The maximum Gasteiger partial charge on any atom is 0.272 e. The van der Waals surface area contributed by atoms with Crippen LogP contribution in [0, 0.1) is 15.9 Å². The standard InChI is InChI=1S/C16H15FN4O4/c1-20(2)14-8-7-12(21(24)25)9-13(14)16(23)19-18-15(22)10-3-5-11(17)6-4-10/h3-9H,1-2H3,(H,18,22)(H,19,23). The zero-order chi connectivity index (χ0) is 18.6. The van der Waals surface area contributed by atoms with Crippen LogP contribution in [0.15, 0.2) is 42.5 Å². The molecule has 2 aromatic rings. The molecule has 2 amide bonds. The fourth-order valence-electron chi connectivity index (χ4n) is 2.06. The Balaban J connectivity index is 2.16. The molecule has 0 saturated carbocycles. The van der Waals surface area contributed by atoms with E-state index in [9.17, 15) is 24.1 Å². The Bertz CT molecular complexity index is 821. The Morgan fingerprint density at radius 1 is 1.04 bits per heavy atom. The molecule has 0 saturated heterocycles. The first-order valence-corrected chi connectivity index (χ1v) is 7.11. The zero-order valence-corrected chi connectivity index (χ0v) is 13.4. The fourth-order valence-corrected chi connectivity index (χ4v) is 2.06. The van der Waals surface area contributed by atoms with Crippen molar-refractivity contribution in [2.75, 3.05) is 19.0 Å². The van der Waals surface area contributed by atoms with Gasteiger partial charge in [-0.15, -0.1) is 0 Å². The number of hydrogen-bond donors (Lipinski definition) is 2. The Kier molecular flexibility index (Phi) is 5.28. The molecular weight excluding hydrogens is 331 g/mol. The number of nitro groups is 1. The molecule has 25 heavy (non-hydrogen) atoms. The van der Waals surface area contributed by atoms with Crippen molar-refractivity contribution >= 4 is 23.2 Å². The number of hydrazine groups is 1. The average molecular weight is 346 g/mol. The van der Waals surface area contributed by atoms with Gasteiger partial charge in [0.25, 0.3) is 17.5 Å². The molecule has 0 fully saturated rings. The Labute approximate surface area is 142 Å². The molecule has 2 N–H and O–H groups in total. The third kappa shape index (κ3) is 4.28. The minimum Gasteiger partial charge on any atom is -0.377 e. The maximum atomic E-state index is 12.8. The lowest BCUT2D eigenvalue weighted by Crippen LogP contribution is -2.42. The summed E-state index contributed by atoms with van der Waals surface area (Å²) in [5, 5.41) is 10.9. The predicted molar refractivity (Wildman–Crippen MR) is 88.8 cm³/mol. The summed E-state index contributed by atoms with van der Waals surface area (Å²) >= 11 is 0. The van der Waals surface area contributed by atoms with Gasteiger partial charge in [0.05, 0.1) is 10.5 Å². The van der Waals surface area contributed by atoms with Crippen molar-refractivity contribution in [1.29, 1.82) is 0 Å². The molecule has 0 atom stereocenters. The maximum absolute atomic E-state index is 12.8. The molecule has 2 rings (SSSR count). The van der Waals surface area contributed by atoms with Crippen molar-refractivity contribution in [2.45, 2.75) is 0 Å². The predicted octanol–water partition coefficient (Wildman–Crippen LogP) is 1.87. The number of hydrogen-bond acceptors (Lipinski definition) is 5. The van der Waals surface area contributed by atoms with Gasteiger partial charge in [-0.1, -0.05) is 0 Å². The van der Waals surface area contributed by atoms with Crippen LogP contribution in [0.25, 0.3) is 0 Å². The number of nitro benzene ring substituents is 1. The summed E-state index contributed by atoms with van der Waals surface area (Å²) in [7, 11) is 3.35. The van der Waals surface area contributed by atoms with Crippen LogP contribution in [0.4, 0.5) is 15.8 Å². The zero-order valence-electron chi connectivity index (χ0n) is 13.4. The summed E-state index contributed by atoms with van der Waals surface area (Å²) in [5.74, 6) is -1.86. The van der Waals surface area contributed by atoms with Gasteiger partial charge in [-0.25, -0.2) is 4.39 Å². The molecule has 0 heterocycles. The van der Waals surface area contributed by atoms with Gasteiger partial charge in [0.15, 0.2) is 0 Å². The summed E-state index contributed by atoms with van der Waals surface area (Å²) in [6, 6.07) is 8.58. The molecule has 0 spiro atoms. The Morgan fingerprint density at radius 2 is 1.64 bits per heavy atom. The quantitative estimate of drug-likeness (QED) is 0.650. The number of carbonyl (C=O) groups is 2. The highest BCUT2D eigenvalue weighted by Crippen LogP contribution is 2.24. The largest absolute Gasteiger partial charge is 0.377 e. The molecule has 2 aromatic carbocycles. The first-order chi connectivity index (χ1) is 11.8. The summed E-state index contributed by atoms with van der Waals surface area (Å²) < 4.78 is 12.8. The van der Waals surface area contributed by atoms with Crippen LogP contribution in [-0.2, 0) is 0 Å². The van der Waals surface area contributed by atoms with Crippen molar-refractivity contribution in [3.63, 3.8) is 0 Å². The number of non-ortho nitro benzene ring substituents is 1. The highest BCUT2D eigenvalue weighted by molar-refractivity contribution is 6.02. The highest BCUT2D eigenvalue weighted by atomic mass is 19.1. The van der Waals surface area contributed by atoms with Crippen molar-refractivity contribution in [2.24, 2.45) is 0 Å². The molecular formula is C16H15FN4O4. The van der Waals surface area contributed by atoms with Crippen LogP contribution in [0.1, 0.15) is 20.7 Å². The number of anilines is 1. The van der Waals surface area contributed by atoms with E-state index in [1.807, 2.05) is 0 Å². The Hall–Kier alpha value is -3.49. The summed E-state index contributed by atoms with van der Waals surface area (Å²) in [6.45, 7) is 0. The lowest BCUT2D eigenvalue weighted by atomic mass is 10.1. The normalized spacial score (nSPS) is 10.0. The van der Waals surface area contributed by atoms with Crippen molar-refractivity contribution in [3.8, 4) is 0 Å². The number of benzene rings is 2. The molecule has 0 aromatic heterocycles. The smallest absolute Gasteiger partial charge is 0.272 e. The molecule has 9 heteroatoms. The molecule has 0 unspecified atom stereocenters. The summed E-state index contributed by atoms with van der Waals surface area (Å²) in [5.41, 5.74) is 4.74. The van der Waals surface area contributed by atoms with Gasteiger partial charge >= 0.3 is 0 Å². The third-order valence-corrected chi connectivity index (χ3v) is 3.31. The monoisotopic (exact) mass is 346 g/mol. The topological polar surface area (TPSA) is 105 Å². The van der Waals surface area contributed by atoms with E-state index in [1.165, 1.54) is 24.3 Å². The fraction of sp³-hybridized carbons (Fsp3) is 0.125. The van der Waals surface area contributed by atoms with Gasteiger partial charge in [-0.3, -0.25) is 30.6 Å². The number of halogens is 1. The van der Waals surface area contributed by atoms with Crippen LogP contribution in [-0.4, -0.2) is 30.8 Å². The first kappa shape index (κ1) is 17.9. The van der Waals surface area contributed by atoms with E-state index in [4.69, 9.17) is 0 Å². The lowest BCUT2D eigenvalue weighted by molar-refractivity contribution is -0.384. The van der Waals surface area contributed by atoms with E-state index < -0.39 is 22.6 Å². The summed E-state index contributed by atoms with van der Waals surface area (Å²) in [4.78, 5) is 36.1. The van der Waals surface area contributed by atoms with Gasteiger partial charge in [-0.2, -0.15) is 0 Å². The second-order valence-electron chi connectivity index (χ2n) is 5.27. The second kappa shape index (κ2) is 7.39. The number of amides is 2. The van der Waals surface area contributed by atoms with Crippen LogP contribution in [0.5, 0.6) is 0 Å². The second-order valence-corrected chi connectivity index (χ2v) is 5.27. The van der Waals surface area contributed by atoms with Gasteiger partial charge in [0, 0.05) is 37.5 Å². The SMILES string of the molecule is CN(C)c1ccc([N+](=O)[O-])cc1C(=O)NNC(=O)c1ccc(F)cc1. The first-order valence-electron chi connectivity index (χ1n) is 7.11. The number of carbonyl (C=O) groups excluding carboxylic acids is 2. The molecule has 0 bridgehead atoms. The Morgan fingerprint density at radius 3 is 2.20 bits per heavy atom.